The summed E-state index contributed by atoms with van der Waals surface area (Å²) in [5.74, 6) is -5.70. The summed E-state index contributed by atoms with van der Waals surface area (Å²) in [6, 6.07) is 0. The molecule has 0 rings (SSSR count). The first kappa shape index (κ1) is 28.9. The van der Waals surface area contributed by atoms with Gasteiger partial charge in [0.05, 0.1) is 39.0 Å². The molecule has 0 radical (unpaired) electrons. The Bertz CT molecular complexity index is 613. The van der Waals surface area contributed by atoms with Crippen LogP contribution in [0.4, 0.5) is 0 Å². The zero-order valence-electron chi connectivity index (χ0n) is 17.7. The van der Waals surface area contributed by atoms with Crippen LogP contribution in [0.1, 0.15) is 6.92 Å². The summed E-state index contributed by atoms with van der Waals surface area (Å²) in [6.07, 6.45) is -0.933. The van der Waals surface area contributed by atoms with E-state index >= 15 is 0 Å². The average molecular weight is 463 g/mol. The zero-order chi connectivity index (χ0) is 24.7. The van der Waals surface area contributed by atoms with Crippen molar-refractivity contribution in [2.24, 2.45) is 0 Å². The fraction of sp³-hybridized carbons (Fsp3) is 0.611. The summed E-state index contributed by atoms with van der Waals surface area (Å²) < 4.78 is 10.4. The van der Waals surface area contributed by atoms with Crippen molar-refractivity contribution in [3.8, 4) is 0 Å². The molecule has 0 aliphatic heterocycles. The van der Waals surface area contributed by atoms with Crippen LogP contribution in [0.25, 0.3) is 0 Å². The first-order valence-electron chi connectivity index (χ1n) is 9.37. The maximum Gasteiger partial charge on any atom is 0.333 e. The van der Waals surface area contributed by atoms with Gasteiger partial charge >= 0.3 is 29.8 Å². The molecule has 0 amide bonds. The van der Waals surface area contributed by atoms with Crippen LogP contribution >= 0.6 is 0 Å². The van der Waals surface area contributed by atoms with Crippen LogP contribution in [0, 0.1) is 0 Å². The van der Waals surface area contributed by atoms with Crippen molar-refractivity contribution in [1.82, 2.24) is 15.1 Å². The number of ether oxygens (including phenoxy) is 2. The third kappa shape index (κ3) is 15.7. The van der Waals surface area contributed by atoms with Gasteiger partial charge in [0.1, 0.15) is 6.61 Å². The SMILES string of the molecule is C=C(C)C(=O)OCCNCOC(CN(CC(=O)O)CC(=O)O)CN(CC(=O)O)CC(=O)O. The highest BCUT2D eigenvalue weighted by atomic mass is 16.5. The van der Waals surface area contributed by atoms with Gasteiger partial charge < -0.3 is 29.9 Å². The Morgan fingerprint density at radius 2 is 1.25 bits per heavy atom. The number of carbonyl (C=O) groups excluding carboxylic acids is 1. The van der Waals surface area contributed by atoms with E-state index in [1.165, 1.54) is 6.92 Å². The Kier molecular flexibility index (Phi) is 14.2. The van der Waals surface area contributed by atoms with Crippen molar-refractivity contribution < 1.29 is 53.9 Å². The molecular weight excluding hydrogens is 434 g/mol. The number of carboxylic acid groups (broad SMARTS) is 4. The number of nitrogens with zero attached hydrogens (tertiary/aromatic N) is 2. The van der Waals surface area contributed by atoms with Crippen molar-refractivity contribution in [2.45, 2.75) is 13.0 Å². The first-order chi connectivity index (χ1) is 14.9. The van der Waals surface area contributed by atoms with Crippen LogP contribution in [0.15, 0.2) is 12.2 Å². The topological polar surface area (TPSA) is 203 Å². The zero-order valence-corrected chi connectivity index (χ0v) is 17.7. The number of aliphatic carboxylic acids is 4. The number of rotatable bonds is 19. The fourth-order valence-corrected chi connectivity index (χ4v) is 2.46. The van der Waals surface area contributed by atoms with Crippen molar-refractivity contribution in [3.63, 3.8) is 0 Å². The van der Waals surface area contributed by atoms with Crippen LogP contribution < -0.4 is 5.32 Å². The van der Waals surface area contributed by atoms with E-state index in [0.717, 1.165) is 9.80 Å². The lowest BCUT2D eigenvalue weighted by Gasteiger charge is -2.29. The molecule has 0 unspecified atom stereocenters. The van der Waals surface area contributed by atoms with Gasteiger partial charge in [-0.25, -0.2) is 4.79 Å². The van der Waals surface area contributed by atoms with Crippen LogP contribution in [0.2, 0.25) is 0 Å². The molecule has 0 heterocycles. The molecule has 14 nitrogen and oxygen atoms in total. The highest BCUT2D eigenvalue weighted by Gasteiger charge is 2.24. The lowest BCUT2D eigenvalue weighted by molar-refractivity contribution is -0.143. The second-order valence-electron chi connectivity index (χ2n) is 6.76. The summed E-state index contributed by atoms with van der Waals surface area (Å²) in [7, 11) is 0. The molecule has 0 spiro atoms. The van der Waals surface area contributed by atoms with E-state index in [2.05, 4.69) is 11.9 Å². The second-order valence-corrected chi connectivity index (χ2v) is 6.76. The molecule has 0 aliphatic carbocycles. The van der Waals surface area contributed by atoms with Crippen molar-refractivity contribution in [2.75, 3.05) is 59.2 Å². The standard InChI is InChI=1S/C18H29N3O11/c1-12(2)18(30)31-4-3-19-11-32-13(5-20(7-14(22)23)8-15(24)25)6-21(9-16(26)27)10-17(28)29/h13,19H,1,3-11H2,2H3,(H,22,23)(H,24,25)(H,26,27)(H,28,29). The van der Waals surface area contributed by atoms with E-state index in [1.807, 2.05) is 0 Å². The Labute approximate surface area is 184 Å². The normalized spacial score (nSPS) is 11.0. The van der Waals surface area contributed by atoms with Crippen molar-refractivity contribution in [3.05, 3.63) is 12.2 Å². The molecule has 182 valence electrons. The van der Waals surface area contributed by atoms with E-state index in [9.17, 15) is 24.0 Å². The average Bonchev–Trinajstić information content (AvgIpc) is 2.61. The summed E-state index contributed by atoms with van der Waals surface area (Å²) in [5, 5.41) is 38.7. The summed E-state index contributed by atoms with van der Waals surface area (Å²) >= 11 is 0. The van der Waals surface area contributed by atoms with Crippen LogP contribution in [0.5, 0.6) is 0 Å². The number of esters is 1. The number of hydrogen-bond acceptors (Lipinski definition) is 10. The first-order valence-corrected chi connectivity index (χ1v) is 9.37. The van der Waals surface area contributed by atoms with E-state index in [4.69, 9.17) is 29.9 Å². The van der Waals surface area contributed by atoms with Crippen molar-refractivity contribution in [1.29, 1.82) is 0 Å². The quantitative estimate of drug-likeness (QED) is 0.0607. The second kappa shape index (κ2) is 15.7. The molecule has 14 heteroatoms. The maximum atomic E-state index is 11.3. The van der Waals surface area contributed by atoms with Crippen LogP contribution in [-0.2, 0) is 33.4 Å². The lowest BCUT2D eigenvalue weighted by Crippen LogP contribution is -2.47. The van der Waals surface area contributed by atoms with Gasteiger partial charge in [-0.1, -0.05) is 6.58 Å². The van der Waals surface area contributed by atoms with E-state index in [-0.39, 0.29) is 38.5 Å². The van der Waals surface area contributed by atoms with Crippen LogP contribution in [-0.4, -0.2) is 125 Å². The molecule has 32 heavy (non-hydrogen) atoms. The van der Waals surface area contributed by atoms with Gasteiger partial charge in [-0.2, -0.15) is 0 Å². The molecule has 0 fully saturated rings. The van der Waals surface area contributed by atoms with Crippen LogP contribution in [0.3, 0.4) is 0 Å². The third-order valence-electron chi connectivity index (χ3n) is 3.64. The Hall–Kier alpha value is -3.07. The minimum Gasteiger partial charge on any atom is -0.480 e. The number of nitrogens with one attached hydrogen (secondary N) is 1. The summed E-state index contributed by atoms with van der Waals surface area (Å²) in [5.41, 5.74) is 0.232. The molecule has 0 aliphatic rings. The molecule has 0 aromatic rings. The van der Waals surface area contributed by atoms with E-state index < -0.39 is 62.1 Å². The predicted molar refractivity (Wildman–Crippen MR) is 107 cm³/mol. The van der Waals surface area contributed by atoms with Gasteiger partial charge in [0.2, 0.25) is 0 Å². The Morgan fingerprint density at radius 1 is 0.844 bits per heavy atom. The van der Waals surface area contributed by atoms with Gasteiger partial charge in [0, 0.05) is 25.2 Å². The maximum absolute atomic E-state index is 11.3. The summed E-state index contributed by atoms with van der Waals surface area (Å²) in [4.78, 5) is 57.5. The monoisotopic (exact) mass is 463 g/mol. The Morgan fingerprint density at radius 3 is 1.59 bits per heavy atom. The van der Waals surface area contributed by atoms with Crippen molar-refractivity contribution >= 4 is 29.8 Å². The molecule has 0 saturated carbocycles. The smallest absolute Gasteiger partial charge is 0.333 e. The largest absolute Gasteiger partial charge is 0.480 e. The molecule has 0 bridgehead atoms. The number of carboxylic acids is 4. The molecule has 5 N–H and O–H groups in total. The fourth-order valence-electron chi connectivity index (χ4n) is 2.46. The summed E-state index contributed by atoms with van der Waals surface area (Å²) in [6.45, 7) is 2.07. The third-order valence-corrected chi connectivity index (χ3v) is 3.64. The molecule has 0 saturated heterocycles. The number of carbonyl (C=O) groups is 5. The highest BCUT2D eigenvalue weighted by molar-refractivity contribution is 5.86. The lowest BCUT2D eigenvalue weighted by atomic mass is 10.2. The van der Waals surface area contributed by atoms with E-state index in [0.29, 0.717) is 0 Å². The minimum absolute atomic E-state index is 0.00796. The van der Waals surface area contributed by atoms with E-state index in [1.54, 1.807) is 0 Å². The predicted octanol–water partition coefficient (Wildman–Crippen LogP) is -2.02. The molecule has 0 aromatic heterocycles. The van der Waals surface area contributed by atoms with Gasteiger partial charge in [-0.05, 0) is 6.92 Å². The number of hydrogen-bond donors (Lipinski definition) is 5. The Balaban J connectivity index is 5.04. The van der Waals surface area contributed by atoms with Gasteiger partial charge in [-0.3, -0.25) is 34.3 Å². The van der Waals surface area contributed by atoms with Gasteiger partial charge in [0.25, 0.3) is 0 Å². The van der Waals surface area contributed by atoms with Gasteiger partial charge in [-0.15, -0.1) is 0 Å². The molecule has 0 aromatic carbocycles. The van der Waals surface area contributed by atoms with Gasteiger partial charge in [0.15, 0.2) is 0 Å². The minimum atomic E-state index is -1.28. The molecular formula is C18H29N3O11. The highest BCUT2D eigenvalue weighted by Crippen LogP contribution is 2.03. The molecule has 0 atom stereocenters.